The molecule has 4 rings (SSSR count). The lowest BCUT2D eigenvalue weighted by Gasteiger charge is -2.15. The topological polar surface area (TPSA) is 45.9 Å². The van der Waals surface area contributed by atoms with Crippen LogP contribution >= 0.6 is 35.0 Å². The van der Waals surface area contributed by atoms with E-state index in [4.69, 9.17) is 32.9 Å². The van der Waals surface area contributed by atoms with Gasteiger partial charge in [0.15, 0.2) is 0 Å². The van der Waals surface area contributed by atoms with Crippen LogP contribution in [0.4, 0.5) is 0 Å². The van der Waals surface area contributed by atoms with E-state index in [0.717, 1.165) is 27.9 Å². The van der Waals surface area contributed by atoms with Gasteiger partial charge in [-0.1, -0.05) is 77.3 Å². The highest BCUT2D eigenvalue weighted by atomic mass is 35.5. The predicted molar refractivity (Wildman–Crippen MR) is 137 cm³/mol. The van der Waals surface area contributed by atoms with Gasteiger partial charge in [0.25, 0.3) is 0 Å². The summed E-state index contributed by atoms with van der Waals surface area (Å²) in [7, 11) is 1.63. The fourth-order valence-corrected chi connectivity index (χ4v) is 5.03. The normalized spacial score (nSPS) is 10.6. The molecular formula is C27H20Cl2N2OS. The minimum absolute atomic E-state index is 0.505. The van der Waals surface area contributed by atoms with E-state index in [1.165, 1.54) is 17.3 Å². The summed E-state index contributed by atoms with van der Waals surface area (Å²) in [6.07, 6.45) is 0. The Balaban J connectivity index is 1.86. The van der Waals surface area contributed by atoms with E-state index >= 15 is 0 Å². The van der Waals surface area contributed by atoms with Gasteiger partial charge in [0.05, 0.1) is 18.4 Å². The fraction of sp³-hybridized carbons (Fsp3) is 0.111. The van der Waals surface area contributed by atoms with Crippen molar-refractivity contribution in [1.82, 2.24) is 4.98 Å². The van der Waals surface area contributed by atoms with E-state index in [0.29, 0.717) is 32.1 Å². The lowest BCUT2D eigenvalue weighted by molar-refractivity contribution is 0.416. The molecule has 4 aromatic rings. The van der Waals surface area contributed by atoms with E-state index < -0.39 is 0 Å². The number of pyridine rings is 1. The van der Waals surface area contributed by atoms with Crippen LogP contribution in [0.5, 0.6) is 5.75 Å². The molecule has 0 bridgehead atoms. The first kappa shape index (κ1) is 23.2. The van der Waals surface area contributed by atoms with Crippen LogP contribution in [0.1, 0.15) is 16.7 Å². The first-order valence-corrected chi connectivity index (χ1v) is 12.0. The number of benzene rings is 3. The maximum absolute atomic E-state index is 10.1. The van der Waals surface area contributed by atoms with Crippen molar-refractivity contribution in [3.05, 3.63) is 99.5 Å². The van der Waals surface area contributed by atoms with Gasteiger partial charge in [0.2, 0.25) is 0 Å². The zero-order valence-electron chi connectivity index (χ0n) is 18.1. The number of thioether (sulfide) groups is 1. The number of ether oxygens (including phenoxy) is 1. The molecule has 0 aliphatic heterocycles. The lowest BCUT2D eigenvalue weighted by Crippen LogP contribution is -1.98. The molecule has 0 saturated carbocycles. The van der Waals surface area contributed by atoms with E-state index in [-0.39, 0.29) is 0 Å². The van der Waals surface area contributed by atoms with Crippen LogP contribution < -0.4 is 4.74 Å². The first-order chi connectivity index (χ1) is 16.0. The van der Waals surface area contributed by atoms with Gasteiger partial charge in [-0.25, -0.2) is 4.98 Å². The summed E-state index contributed by atoms with van der Waals surface area (Å²) in [5.41, 5.74) is 6.00. The molecule has 0 atom stereocenters. The Bertz CT molecular complexity index is 1350. The molecule has 164 valence electrons. The molecule has 0 amide bonds. The van der Waals surface area contributed by atoms with Crippen LogP contribution in [0.25, 0.3) is 22.4 Å². The molecule has 0 saturated heterocycles. The predicted octanol–water partition coefficient (Wildman–Crippen LogP) is 8.20. The van der Waals surface area contributed by atoms with E-state index in [1.807, 2.05) is 61.5 Å². The number of nitrogens with zero attached hydrogens (tertiary/aromatic N) is 2. The molecule has 0 fully saturated rings. The first-order valence-electron chi connectivity index (χ1n) is 10.2. The Labute approximate surface area is 208 Å². The van der Waals surface area contributed by atoms with Gasteiger partial charge in [-0.05, 0) is 36.8 Å². The SMILES string of the molecule is COc1ccccc1-c1cc(-c2ccc(C)cc2)nc(SCc2ccc(Cl)cc2Cl)c1C#N. The van der Waals surface area contributed by atoms with Gasteiger partial charge in [-0.15, -0.1) is 11.8 Å². The highest BCUT2D eigenvalue weighted by molar-refractivity contribution is 7.98. The van der Waals surface area contributed by atoms with Gasteiger partial charge in [-0.3, -0.25) is 0 Å². The number of nitriles is 1. The van der Waals surface area contributed by atoms with Crippen LogP contribution in [0.3, 0.4) is 0 Å². The van der Waals surface area contributed by atoms with Crippen LogP contribution in [0.2, 0.25) is 10.0 Å². The van der Waals surface area contributed by atoms with E-state index in [2.05, 4.69) is 18.2 Å². The zero-order valence-corrected chi connectivity index (χ0v) is 20.4. The molecule has 6 heteroatoms. The van der Waals surface area contributed by atoms with Crippen molar-refractivity contribution in [3.8, 4) is 34.2 Å². The van der Waals surface area contributed by atoms with E-state index in [1.54, 1.807) is 13.2 Å². The average Bonchev–Trinajstić information content (AvgIpc) is 2.83. The summed E-state index contributed by atoms with van der Waals surface area (Å²) >= 11 is 13.9. The number of halogens is 2. The Morgan fingerprint density at radius 1 is 0.970 bits per heavy atom. The molecule has 0 spiro atoms. The molecular weight excluding hydrogens is 471 g/mol. The van der Waals surface area contributed by atoms with Gasteiger partial charge in [0.1, 0.15) is 16.8 Å². The second kappa shape index (κ2) is 10.3. The minimum Gasteiger partial charge on any atom is -0.496 e. The zero-order chi connectivity index (χ0) is 23.4. The third-order valence-corrected chi connectivity index (χ3v) is 6.83. The molecule has 0 N–H and O–H groups in total. The fourth-order valence-electron chi connectivity index (χ4n) is 3.47. The third-order valence-electron chi connectivity index (χ3n) is 5.22. The Kier molecular flexibility index (Phi) is 7.25. The van der Waals surface area contributed by atoms with Crippen molar-refractivity contribution in [1.29, 1.82) is 5.26 Å². The van der Waals surface area contributed by atoms with Crippen molar-refractivity contribution >= 4 is 35.0 Å². The van der Waals surface area contributed by atoms with Crippen molar-refractivity contribution in [2.45, 2.75) is 17.7 Å². The smallest absolute Gasteiger partial charge is 0.126 e. The number of para-hydroxylation sites is 1. The van der Waals surface area contributed by atoms with Crippen LogP contribution in [-0.4, -0.2) is 12.1 Å². The molecule has 0 aliphatic rings. The van der Waals surface area contributed by atoms with Gasteiger partial charge >= 0.3 is 0 Å². The molecule has 0 unspecified atom stereocenters. The minimum atomic E-state index is 0.505. The lowest BCUT2D eigenvalue weighted by atomic mass is 9.98. The molecule has 1 aromatic heterocycles. The molecule has 3 aromatic carbocycles. The van der Waals surface area contributed by atoms with Crippen molar-refractivity contribution < 1.29 is 4.74 Å². The van der Waals surface area contributed by atoms with Crippen LogP contribution in [0.15, 0.2) is 77.8 Å². The monoisotopic (exact) mass is 490 g/mol. The number of methoxy groups -OCH3 is 1. The largest absolute Gasteiger partial charge is 0.496 e. The summed E-state index contributed by atoms with van der Waals surface area (Å²) in [5, 5.41) is 11.9. The summed E-state index contributed by atoms with van der Waals surface area (Å²) < 4.78 is 5.59. The molecule has 0 radical (unpaired) electrons. The van der Waals surface area contributed by atoms with Crippen molar-refractivity contribution in [2.75, 3.05) is 7.11 Å². The van der Waals surface area contributed by atoms with Crippen LogP contribution in [0, 0.1) is 18.3 Å². The molecule has 3 nitrogen and oxygen atoms in total. The Morgan fingerprint density at radius 2 is 1.73 bits per heavy atom. The number of aromatic nitrogens is 1. The second-order valence-corrected chi connectivity index (χ2v) is 9.25. The molecule has 33 heavy (non-hydrogen) atoms. The van der Waals surface area contributed by atoms with Gasteiger partial charge in [-0.2, -0.15) is 5.26 Å². The highest BCUT2D eigenvalue weighted by Crippen LogP contribution is 2.39. The van der Waals surface area contributed by atoms with Crippen molar-refractivity contribution in [3.63, 3.8) is 0 Å². The number of aryl methyl sites for hydroxylation is 1. The number of hydrogen-bond acceptors (Lipinski definition) is 4. The average molecular weight is 491 g/mol. The standard InChI is InChI=1S/C27H20Cl2N2OS/c1-17-7-9-18(10-8-17)25-14-22(21-5-3-4-6-26(21)32-2)23(15-30)27(31-25)33-16-19-11-12-20(28)13-24(19)29/h3-14H,16H2,1-2H3. The Morgan fingerprint density at radius 3 is 2.42 bits per heavy atom. The maximum Gasteiger partial charge on any atom is 0.126 e. The maximum atomic E-state index is 10.1. The molecule has 0 aliphatic carbocycles. The quantitative estimate of drug-likeness (QED) is 0.255. The van der Waals surface area contributed by atoms with Crippen LogP contribution in [-0.2, 0) is 5.75 Å². The highest BCUT2D eigenvalue weighted by Gasteiger charge is 2.18. The summed E-state index contributed by atoms with van der Waals surface area (Å²) in [4.78, 5) is 4.88. The van der Waals surface area contributed by atoms with Crippen molar-refractivity contribution in [2.24, 2.45) is 0 Å². The van der Waals surface area contributed by atoms with Gasteiger partial charge < -0.3 is 4.74 Å². The number of rotatable bonds is 6. The summed E-state index contributed by atoms with van der Waals surface area (Å²) in [6.45, 7) is 2.05. The van der Waals surface area contributed by atoms with Gasteiger partial charge in [0, 0.05) is 32.5 Å². The molecule has 1 heterocycles. The summed E-state index contributed by atoms with van der Waals surface area (Å²) in [6, 6.07) is 25.6. The summed E-state index contributed by atoms with van der Waals surface area (Å²) in [5.74, 6) is 1.26. The second-order valence-electron chi connectivity index (χ2n) is 7.44. The third kappa shape index (κ3) is 5.17. The Hall–Kier alpha value is -2.97. The van der Waals surface area contributed by atoms with E-state index in [9.17, 15) is 5.26 Å². The number of hydrogen-bond donors (Lipinski definition) is 0.